The van der Waals surface area contributed by atoms with Crippen LogP contribution in [0.15, 0.2) is 41.3 Å². The van der Waals surface area contributed by atoms with E-state index in [9.17, 15) is 13.2 Å². The number of halogens is 1. The molecule has 1 N–H and O–H groups in total. The summed E-state index contributed by atoms with van der Waals surface area (Å²) in [5.74, 6) is 0.141. The largest absolute Gasteiger partial charge is 0.495 e. The molecule has 0 saturated carbocycles. The van der Waals surface area contributed by atoms with Crippen LogP contribution in [0, 0.1) is 0 Å². The summed E-state index contributed by atoms with van der Waals surface area (Å²) in [5.41, 5.74) is 0.727. The fraction of sp³-hybridized carbons (Fsp3) is 0.278. The van der Waals surface area contributed by atoms with Crippen molar-refractivity contribution >= 4 is 50.7 Å². The van der Waals surface area contributed by atoms with Crippen LogP contribution in [-0.4, -0.2) is 47.6 Å². The van der Waals surface area contributed by atoms with E-state index in [0.29, 0.717) is 27.9 Å². The van der Waals surface area contributed by atoms with Gasteiger partial charge >= 0.3 is 0 Å². The number of amides is 1. The van der Waals surface area contributed by atoms with E-state index in [1.165, 1.54) is 38.1 Å². The number of nitrogens with zero attached hydrogens (tertiary/aromatic N) is 1. The van der Waals surface area contributed by atoms with E-state index in [1.807, 2.05) is 12.3 Å². The van der Waals surface area contributed by atoms with E-state index < -0.39 is 22.5 Å². The highest BCUT2D eigenvalue weighted by atomic mass is 35.5. The molecule has 2 rings (SSSR count). The van der Waals surface area contributed by atoms with Crippen LogP contribution >= 0.6 is 23.4 Å². The molecule has 0 fully saturated rings. The molecule has 0 aromatic heterocycles. The van der Waals surface area contributed by atoms with Crippen LogP contribution < -0.4 is 19.1 Å². The van der Waals surface area contributed by atoms with Gasteiger partial charge in [-0.05, 0) is 24.5 Å². The molecule has 0 aliphatic rings. The van der Waals surface area contributed by atoms with Gasteiger partial charge in [0.15, 0.2) is 0 Å². The summed E-state index contributed by atoms with van der Waals surface area (Å²) in [6, 6.07) is 9.97. The van der Waals surface area contributed by atoms with E-state index in [1.54, 1.807) is 18.2 Å². The Labute approximate surface area is 174 Å². The Morgan fingerprint density at radius 3 is 2.43 bits per heavy atom. The lowest BCUT2D eigenvalue weighted by Gasteiger charge is -2.22. The second-order valence-electron chi connectivity index (χ2n) is 5.71. The van der Waals surface area contributed by atoms with Crippen LogP contribution in [0.3, 0.4) is 0 Å². The molecule has 0 bridgehead atoms. The molecule has 152 valence electrons. The van der Waals surface area contributed by atoms with Gasteiger partial charge in [-0.15, -0.1) is 11.8 Å². The zero-order valence-corrected chi connectivity index (χ0v) is 18.2. The number of nitrogens with one attached hydrogen (secondary N) is 1. The number of ether oxygens (including phenoxy) is 2. The van der Waals surface area contributed by atoms with Gasteiger partial charge in [-0.1, -0.05) is 17.7 Å². The first-order chi connectivity index (χ1) is 13.2. The maximum absolute atomic E-state index is 12.6. The normalized spacial score (nSPS) is 11.0. The van der Waals surface area contributed by atoms with Crippen molar-refractivity contribution in [2.45, 2.75) is 4.90 Å². The van der Waals surface area contributed by atoms with Gasteiger partial charge in [-0.2, -0.15) is 0 Å². The average molecular weight is 445 g/mol. The van der Waals surface area contributed by atoms with E-state index >= 15 is 0 Å². The third-order valence-corrected chi connectivity index (χ3v) is 5.94. The topological polar surface area (TPSA) is 84.9 Å². The van der Waals surface area contributed by atoms with Crippen molar-refractivity contribution in [1.29, 1.82) is 0 Å². The van der Waals surface area contributed by atoms with Crippen molar-refractivity contribution in [3.8, 4) is 11.5 Å². The molecule has 7 nitrogen and oxygen atoms in total. The number of hydrogen-bond donors (Lipinski definition) is 1. The molecule has 2 aromatic carbocycles. The predicted octanol–water partition coefficient (Wildman–Crippen LogP) is 3.48. The highest BCUT2D eigenvalue weighted by Crippen LogP contribution is 2.36. The first-order valence-corrected chi connectivity index (χ1v) is 11.5. The minimum atomic E-state index is -3.68. The molecule has 0 atom stereocenters. The lowest BCUT2D eigenvalue weighted by Crippen LogP contribution is -2.37. The summed E-state index contributed by atoms with van der Waals surface area (Å²) in [6.45, 7) is -0.398. The molecule has 0 aliphatic carbocycles. The van der Waals surface area contributed by atoms with Gasteiger partial charge in [-0.3, -0.25) is 9.10 Å². The number of thioether (sulfide) groups is 1. The summed E-state index contributed by atoms with van der Waals surface area (Å²) in [6.07, 6.45) is 2.94. The minimum absolute atomic E-state index is 0.320. The van der Waals surface area contributed by atoms with Crippen molar-refractivity contribution in [3.63, 3.8) is 0 Å². The summed E-state index contributed by atoms with van der Waals surface area (Å²) in [5, 5.41) is 2.97. The number of benzene rings is 2. The van der Waals surface area contributed by atoms with E-state index in [4.69, 9.17) is 21.1 Å². The Balaban J connectivity index is 2.30. The molecule has 28 heavy (non-hydrogen) atoms. The lowest BCUT2D eigenvalue weighted by atomic mass is 10.2. The van der Waals surface area contributed by atoms with Crippen molar-refractivity contribution < 1.29 is 22.7 Å². The van der Waals surface area contributed by atoms with Crippen molar-refractivity contribution in [3.05, 3.63) is 41.4 Å². The van der Waals surface area contributed by atoms with Gasteiger partial charge in [0.1, 0.15) is 18.0 Å². The Hall–Kier alpha value is -2.10. The first-order valence-electron chi connectivity index (χ1n) is 8.02. The zero-order valence-electron chi connectivity index (χ0n) is 15.9. The van der Waals surface area contributed by atoms with Crippen molar-refractivity contribution in [1.82, 2.24) is 0 Å². The number of carbonyl (C=O) groups excluding carboxylic acids is 1. The molecular weight excluding hydrogens is 424 g/mol. The van der Waals surface area contributed by atoms with Gasteiger partial charge in [0.2, 0.25) is 15.9 Å². The number of sulfonamides is 1. The molecule has 0 aliphatic heterocycles. The van der Waals surface area contributed by atoms with Gasteiger partial charge in [-0.25, -0.2) is 8.42 Å². The molecule has 0 radical (unpaired) electrons. The van der Waals surface area contributed by atoms with Gasteiger partial charge in [0.05, 0.1) is 36.9 Å². The van der Waals surface area contributed by atoms with Crippen molar-refractivity contribution in [2.24, 2.45) is 0 Å². The van der Waals surface area contributed by atoms with Crippen LogP contribution in [0.2, 0.25) is 5.02 Å². The van der Waals surface area contributed by atoms with Crippen LogP contribution in [0.5, 0.6) is 11.5 Å². The highest BCUT2D eigenvalue weighted by Gasteiger charge is 2.22. The Bertz CT molecular complexity index is 966. The predicted molar refractivity (Wildman–Crippen MR) is 114 cm³/mol. The molecule has 0 heterocycles. The smallest absolute Gasteiger partial charge is 0.245 e. The lowest BCUT2D eigenvalue weighted by molar-refractivity contribution is -0.114. The maximum atomic E-state index is 12.6. The summed E-state index contributed by atoms with van der Waals surface area (Å²) in [7, 11) is -0.796. The second kappa shape index (κ2) is 9.40. The van der Waals surface area contributed by atoms with Crippen LogP contribution in [-0.2, 0) is 14.8 Å². The maximum Gasteiger partial charge on any atom is 0.245 e. The van der Waals surface area contributed by atoms with E-state index in [2.05, 4.69) is 5.32 Å². The van der Waals surface area contributed by atoms with Gasteiger partial charge < -0.3 is 14.8 Å². The number of anilines is 2. The number of rotatable bonds is 8. The Morgan fingerprint density at radius 2 is 1.86 bits per heavy atom. The van der Waals surface area contributed by atoms with Crippen LogP contribution in [0.25, 0.3) is 0 Å². The Morgan fingerprint density at radius 1 is 1.18 bits per heavy atom. The third-order valence-electron chi connectivity index (χ3n) is 3.78. The summed E-state index contributed by atoms with van der Waals surface area (Å²) in [4.78, 5) is 13.5. The second-order valence-corrected chi connectivity index (χ2v) is 8.90. The minimum Gasteiger partial charge on any atom is -0.495 e. The Kier molecular flexibility index (Phi) is 7.45. The van der Waals surface area contributed by atoms with Crippen molar-refractivity contribution in [2.75, 3.05) is 42.9 Å². The number of methoxy groups -OCH3 is 2. The molecule has 1 amide bonds. The van der Waals surface area contributed by atoms with Gasteiger partial charge in [0.25, 0.3) is 0 Å². The molecule has 10 heteroatoms. The molecule has 2 aromatic rings. The molecule has 0 unspecified atom stereocenters. The van der Waals surface area contributed by atoms with Crippen LogP contribution in [0.1, 0.15) is 0 Å². The number of carbonyl (C=O) groups is 1. The summed E-state index contributed by atoms with van der Waals surface area (Å²) < 4.78 is 35.9. The summed E-state index contributed by atoms with van der Waals surface area (Å²) >= 11 is 7.54. The number of hydrogen-bond acceptors (Lipinski definition) is 6. The standard InChI is InChI=1S/C18H21ClN2O5S2/c1-25-16-10-15(17(26-2)9-14(16)19)20-18(22)11-21(28(4,23)24)12-6-5-7-13(8-12)27-3/h5-10H,11H2,1-4H3,(H,20,22). The molecule has 0 spiro atoms. The third kappa shape index (κ3) is 5.46. The zero-order chi connectivity index (χ0) is 20.9. The van der Waals surface area contributed by atoms with Gasteiger partial charge in [0, 0.05) is 17.0 Å². The molecule has 0 saturated heterocycles. The highest BCUT2D eigenvalue weighted by molar-refractivity contribution is 7.98. The first kappa shape index (κ1) is 22.2. The van der Waals surface area contributed by atoms with Crippen LogP contribution in [0.4, 0.5) is 11.4 Å². The fourth-order valence-corrected chi connectivity index (χ4v) is 3.98. The SMILES string of the molecule is COc1cc(NC(=O)CN(c2cccc(SC)c2)S(C)(=O)=O)c(OC)cc1Cl. The quantitative estimate of drug-likeness (QED) is 0.627. The monoisotopic (exact) mass is 444 g/mol. The fourth-order valence-electron chi connectivity index (χ4n) is 2.44. The van der Waals surface area contributed by atoms with E-state index in [0.717, 1.165) is 15.5 Å². The molecular formula is C18H21ClN2O5S2. The average Bonchev–Trinajstić information content (AvgIpc) is 2.66. The van der Waals surface area contributed by atoms with E-state index in [-0.39, 0.29) is 0 Å².